The van der Waals surface area contributed by atoms with Crippen molar-refractivity contribution >= 4 is 5.97 Å². The van der Waals surface area contributed by atoms with E-state index >= 15 is 0 Å². The number of hydrogen-bond donors (Lipinski definition) is 1. The number of carboxylic acid groups (broad SMARTS) is 1. The molecule has 0 heterocycles. The minimum atomic E-state index is -5.62. The molecule has 0 rings (SSSR count). The third-order valence-corrected chi connectivity index (χ3v) is 3.99. The van der Waals surface area contributed by atoms with Crippen LogP contribution in [0.4, 0.5) is 0 Å². The van der Waals surface area contributed by atoms with Gasteiger partial charge in [0, 0.05) is 6.42 Å². The molecule has 0 aromatic carbocycles. The third-order valence-electron chi connectivity index (χ3n) is 3.99. The first kappa shape index (κ1) is 31.7. The molecular weight excluding hydrogens is 406 g/mol. The molecule has 0 aliphatic rings. The molecule has 0 bridgehead atoms. The Labute approximate surface area is 203 Å². The van der Waals surface area contributed by atoms with Gasteiger partial charge in [-0.05, 0) is 6.42 Å². The van der Waals surface area contributed by atoms with E-state index in [2.05, 4.69) is 6.92 Å². The first-order chi connectivity index (χ1) is 11.8. The van der Waals surface area contributed by atoms with Crippen molar-refractivity contribution in [1.82, 2.24) is 0 Å². The molecule has 0 unspecified atom stereocenters. The maximum atomic E-state index is 10.3. The van der Waals surface area contributed by atoms with Crippen molar-refractivity contribution in [3.63, 3.8) is 0 Å². The van der Waals surface area contributed by atoms with Gasteiger partial charge in [-0.25, -0.2) is 0 Å². The molecule has 0 saturated heterocycles. The summed E-state index contributed by atoms with van der Waals surface area (Å²) in [6.07, 6.45) is 20.2. The van der Waals surface area contributed by atoms with Gasteiger partial charge in [0.15, 0.2) is 0 Å². The first-order valence-corrected chi connectivity index (χ1v) is 11.5. The van der Waals surface area contributed by atoms with Gasteiger partial charge < -0.3 is 5.11 Å². The van der Waals surface area contributed by atoms with Crippen LogP contribution in [0.25, 0.3) is 0 Å². The zero-order valence-electron chi connectivity index (χ0n) is 16.7. The van der Waals surface area contributed by atoms with Crippen LogP contribution < -0.4 is 55.6 Å². The SMILES string of the molecule is CCCCCCCCCCCCCCCCCC(=O)O.[K+].[O]=[Mn](=[O])(=[O])[O-]. The van der Waals surface area contributed by atoms with Gasteiger partial charge in [-0.2, -0.15) is 0 Å². The van der Waals surface area contributed by atoms with Crippen molar-refractivity contribution in [2.45, 2.75) is 110 Å². The van der Waals surface area contributed by atoms with Crippen LogP contribution in [-0.4, -0.2) is 11.1 Å². The van der Waals surface area contributed by atoms with Crippen molar-refractivity contribution in [2.75, 3.05) is 0 Å². The van der Waals surface area contributed by atoms with Gasteiger partial charge in [0.05, 0.1) is 0 Å². The molecular formula is C18H36KMnO6. The van der Waals surface area contributed by atoms with Crippen LogP contribution in [0.3, 0.4) is 0 Å². The van der Waals surface area contributed by atoms with Crippen LogP contribution >= 0.6 is 0 Å². The first-order valence-electron chi connectivity index (χ1n) is 9.61. The Morgan fingerprint density at radius 3 is 1.15 bits per heavy atom. The molecule has 0 spiro atoms. The second kappa shape index (κ2) is 24.0. The second-order valence-corrected chi connectivity index (χ2v) is 7.65. The number of carboxylic acids is 1. The summed E-state index contributed by atoms with van der Waals surface area (Å²) in [4.78, 5) is 10.3. The molecule has 0 saturated carbocycles. The molecule has 0 aromatic rings. The molecule has 6 nitrogen and oxygen atoms in total. The van der Waals surface area contributed by atoms with Crippen molar-refractivity contribution in [3.05, 3.63) is 0 Å². The maximum absolute atomic E-state index is 10.3. The zero-order valence-corrected chi connectivity index (χ0v) is 21.0. The molecule has 8 heteroatoms. The van der Waals surface area contributed by atoms with E-state index in [1.165, 1.54) is 83.5 Å². The van der Waals surface area contributed by atoms with Crippen molar-refractivity contribution in [3.8, 4) is 0 Å². The van der Waals surface area contributed by atoms with Crippen molar-refractivity contribution in [2.24, 2.45) is 0 Å². The summed E-state index contributed by atoms with van der Waals surface area (Å²) < 4.78 is 34.3. The summed E-state index contributed by atoms with van der Waals surface area (Å²) in [5.74, 6) is -0.653. The van der Waals surface area contributed by atoms with E-state index < -0.39 is 18.9 Å². The zero-order chi connectivity index (χ0) is 19.4. The standard InChI is InChI=1S/C18H36O2.K.Mn.4O/c1-2-3-4-5-6-7-8-9-10-11-12-13-14-15-16-17-18(19)20;;;;;;/h2-17H2,1H3,(H,19,20);;;;;;/q;+1;;;;;-1. The molecule has 0 aliphatic heterocycles. The fourth-order valence-electron chi connectivity index (χ4n) is 2.65. The van der Waals surface area contributed by atoms with Gasteiger partial charge >= 0.3 is 86.0 Å². The van der Waals surface area contributed by atoms with E-state index in [9.17, 15) is 4.79 Å². The van der Waals surface area contributed by atoms with Gasteiger partial charge in [0.2, 0.25) is 0 Å². The number of carbonyl (C=O) groups is 1. The average molecular weight is 443 g/mol. The molecule has 0 radical (unpaired) electrons. The Kier molecular flexibility index (Phi) is 29.3. The fourth-order valence-corrected chi connectivity index (χ4v) is 2.65. The third kappa shape index (κ3) is 44.4. The van der Waals surface area contributed by atoms with Gasteiger partial charge in [0.25, 0.3) is 0 Å². The fraction of sp³-hybridized carbons (Fsp3) is 0.944. The molecule has 0 amide bonds. The summed E-state index contributed by atoms with van der Waals surface area (Å²) in [6, 6.07) is 0. The summed E-state index contributed by atoms with van der Waals surface area (Å²) in [5.41, 5.74) is 0. The average Bonchev–Trinajstić information content (AvgIpc) is 2.49. The Bertz CT molecular complexity index is 431. The molecule has 152 valence electrons. The van der Waals surface area contributed by atoms with Crippen molar-refractivity contribution in [1.29, 1.82) is 0 Å². The van der Waals surface area contributed by atoms with Gasteiger partial charge in [-0.3, -0.25) is 4.79 Å². The summed E-state index contributed by atoms with van der Waals surface area (Å²) in [7, 11) is 0. The molecule has 0 atom stereocenters. The quantitative estimate of drug-likeness (QED) is 0.288. The van der Waals surface area contributed by atoms with E-state index in [1.807, 2.05) is 0 Å². The molecule has 0 aromatic heterocycles. The number of hydrogen-bond acceptors (Lipinski definition) is 5. The summed E-state index contributed by atoms with van der Waals surface area (Å²) in [6.45, 7) is 2.27. The van der Waals surface area contributed by atoms with E-state index in [-0.39, 0.29) is 51.4 Å². The van der Waals surface area contributed by atoms with Crippen LogP contribution in [0.2, 0.25) is 0 Å². The van der Waals surface area contributed by atoms with Crippen molar-refractivity contribution < 1.29 is 89.9 Å². The van der Waals surface area contributed by atoms with Gasteiger partial charge in [0.1, 0.15) is 0 Å². The molecule has 26 heavy (non-hydrogen) atoms. The normalized spacial score (nSPS) is 10.5. The number of aliphatic carboxylic acids is 1. The van der Waals surface area contributed by atoms with E-state index in [0.29, 0.717) is 6.42 Å². The summed E-state index contributed by atoms with van der Waals surface area (Å²) in [5, 5.41) is 8.52. The number of rotatable bonds is 16. The predicted octanol–water partition coefficient (Wildman–Crippen LogP) is 1.79. The Balaban J connectivity index is -0.000000772. The van der Waals surface area contributed by atoms with E-state index in [4.69, 9.17) is 20.8 Å². The topological polar surface area (TPSA) is 112 Å². The summed E-state index contributed by atoms with van der Waals surface area (Å²) >= 11 is -5.62. The molecule has 0 fully saturated rings. The van der Waals surface area contributed by atoms with E-state index in [0.717, 1.165) is 12.8 Å². The Morgan fingerprint density at radius 1 is 0.692 bits per heavy atom. The number of unbranched alkanes of at least 4 members (excludes halogenated alkanes) is 14. The minimum absolute atomic E-state index is 0. The molecule has 0 aliphatic carbocycles. The van der Waals surface area contributed by atoms with Crippen LogP contribution in [0, 0.1) is 0 Å². The predicted molar refractivity (Wildman–Crippen MR) is 89.2 cm³/mol. The molecule has 1 N–H and O–H groups in total. The Morgan fingerprint density at radius 2 is 0.923 bits per heavy atom. The van der Waals surface area contributed by atoms with Gasteiger partial charge in [-0.15, -0.1) is 0 Å². The van der Waals surface area contributed by atoms with Crippen LogP contribution in [0.1, 0.15) is 110 Å². The van der Waals surface area contributed by atoms with Crippen LogP contribution in [0.5, 0.6) is 0 Å². The van der Waals surface area contributed by atoms with Gasteiger partial charge in [-0.1, -0.05) is 96.8 Å². The van der Waals surface area contributed by atoms with Crippen LogP contribution in [-0.2, 0) is 29.3 Å². The van der Waals surface area contributed by atoms with E-state index in [1.54, 1.807) is 0 Å². The van der Waals surface area contributed by atoms with Crippen LogP contribution in [0.15, 0.2) is 0 Å². The Hall–Kier alpha value is 0.986. The monoisotopic (exact) mass is 442 g/mol. The second-order valence-electron chi connectivity index (χ2n) is 6.47.